The fourth-order valence-corrected chi connectivity index (χ4v) is 3.34. The number of thiocarbonyl (C=S) groups is 1. The highest BCUT2D eigenvalue weighted by Crippen LogP contribution is 2.27. The number of nitrogens with one attached hydrogen (secondary N) is 3. The van der Waals surface area contributed by atoms with Crippen LogP contribution in [0.2, 0.25) is 0 Å². The summed E-state index contributed by atoms with van der Waals surface area (Å²) in [5.41, 5.74) is 0.709. The summed E-state index contributed by atoms with van der Waals surface area (Å²) < 4.78 is 24.9. The lowest BCUT2D eigenvalue weighted by atomic mass is 9.93. The zero-order valence-corrected chi connectivity index (χ0v) is 17.1. The van der Waals surface area contributed by atoms with E-state index in [1.54, 1.807) is 17.0 Å². The molecule has 2 fully saturated rings. The smallest absolute Gasteiger partial charge is 0.414 e. The van der Waals surface area contributed by atoms with Crippen LogP contribution in [0.15, 0.2) is 18.2 Å². The van der Waals surface area contributed by atoms with E-state index in [2.05, 4.69) is 10.6 Å². The van der Waals surface area contributed by atoms with Crippen LogP contribution in [-0.2, 0) is 9.47 Å². The number of halogens is 1. The van der Waals surface area contributed by atoms with Gasteiger partial charge >= 0.3 is 6.09 Å². The van der Waals surface area contributed by atoms with Crippen molar-refractivity contribution in [3.05, 3.63) is 24.0 Å². The first-order chi connectivity index (χ1) is 14.0. The third-order valence-corrected chi connectivity index (χ3v) is 5.44. The molecule has 1 amide bonds. The van der Waals surface area contributed by atoms with Gasteiger partial charge in [0, 0.05) is 19.1 Å². The molecule has 158 valence electrons. The van der Waals surface area contributed by atoms with E-state index < -0.39 is 18.0 Å². The second kappa shape index (κ2) is 9.84. The van der Waals surface area contributed by atoms with Crippen LogP contribution in [0.25, 0.3) is 0 Å². The van der Waals surface area contributed by atoms with E-state index in [0.29, 0.717) is 37.1 Å². The number of nitrogens with zero attached hydrogens (tertiary/aromatic N) is 2. The van der Waals surface area contributed by atoms with E-state index in [0.717, 1.165) is 6.34 Å². The molecule has 1 aromatic carbocycles. The number of benzene rings is 1. The first-order valence-corrected chi connectivity index (χ1v) is 10.0. The van der Waals surface area contributed by atoms with Gasteiger partial charge in [0.15, 0.2) is 0 Å². The van der Waals surface area contributed by atoms with Crippen LogP contribution in [0.5, 0.6) is 0 Å². The number of rotatable bonds is 9. The molecule has 1 atom stereocenters. The number of ether oxygens (including phenoxy) is 2. The number of hydrogen-bond donors (Lipinski definition) is 3. The topological polar surface area (TPSA) is 89.9 Å². The normalized spacial score (nSPS) is 18.8. The lowest BCUT2D eigenvalue weighted by molar-refractivity contribution is 0.142. The van der Waals surface area contributed by atoms with Gasteiger partial charge in [-0.15, -0.1) is 0 Å². The van der Waals surface area contributed by atoms with Crippen molar-refractivity contribution in [2.75, 3.05) is 43.1 Å². The monoisotopic (exact) mass is 423 g/mol. The lowest BCUT2D eigenvalue weighted by Crippen LogP contribution is -2.40. The van der Waals surface area contributed by atoms with Gasteiger partial charge in [0.05, 0.1) is 37.9 Å². The summed E-state index contributed by atoms with van der Waals surface area (Å²) in [6.07, 6.45) is 3.75. The maximum absolute atomic E-state index is 14.7. The molecule has 0 unspecified atom stereocenters. The number of carbonyl (C=O) groups excluding carboxylic acids is 1. The van der Waals surface area contributed by atoms with Crippen LogP contribution >= 0.6 is 12.2 Å². The van der Waals surface area contributed by atoms with Crippen molar-refractivity contribution in [1.29, 1.82) is 5.41 Å². The van der Waals surface area contributed by atoms with Gasteiger partial charge in [0.2, 0.25) is 0 Å². The van der Waals surface area contributed by atoms with Crippen LogP contribution in [0.4, 0.5) is 20.6 Å². The molecule has 0 bridgehead atoms. The minimum absolute atomic E-state index is 0.216. The summed E-state index contributed by atoms with van der Waals surface area (Å²) in [5, 5.41) is 14.1. The fourth-order valence-electron chi connectivity index (χ4n) is 3.26. The summed E-state index contributed by atoms with van der Waals surface area (Å²) in [7, 11) is 1.45. The number of anilines is 2. The van der Waals surface area contributed by atoms with Crippen LogP contribution in [0.3, 0.4) is 0 Å². The quantitative estimate of drug-likeness (QED) is 0.319. The highest BCUT2D eigenvalue weighted by Gasteiger charge is 2.33. The van der Waals surface area contributed by atoms with Crippen LogP contribution in [0, 0.1) is 11.2 Å². The molecule has 0 aromatic heterocycles. The van der Waals surface area contributed by atoms with Gasteiger partial charge in [0.1, 0.15) is 11.9 Å². The molecule has 1 aromatic rings. The Balaban J connectivity index is 1.59. The average Bonchev–Trinajstić information content (AvgIpc) is 3.06. The Hall–Kier alpha value is -2.46. The van der Waals surface area contributed by atoms with E-state index in [-0.39, 0.29) is 11.7 Å². The SMILES string of the molecule is COC(=S)NC[C@H]1CN(c2ccc(N(C=N)CCNC3CCC3)c(F)c2)C(=O)O1. The summed E-state index contributed by atoms with van der Waals surface area (Å²) in [6, 6.07) is 5.07. The minimum Gasteiger partial charge on any atom is -0.474 e. The number of carbonyl (C=O) groups is 1. The molecular formula is C19H26FN5O3S. The fraction of sp³-hybridized carbons (Fsp3) is 0.526. The molecule has 0 spiro atoms. The van der Waals surface area contributed by atoms with E-state index in [1.807, 2.05) is 0 Å². The molecule has 1 heterocycles. The summed E-state index contributed by atoms with van der Waals surface area (Å²) >= 11 is 4.90. The van der Waals surface area contributed by atoms with Gasteiger partial charge in [-0.25, -0.2) is 9.18 Å². The molecule has 3 N–H and O–H groups in total. The lowest BCUT2D eigenvalue weighted by Gasteiger charge is -2.28. The zero-order valence-electron chi connectivity index (χ0n) is 16.3. The molecule has 1 aliphatic heterocycles. The van der Waals surface area contributed by atoms with Crippen molar-refractivity contribution in [2.45, 2.75) is 31.4 Å². The largest absolute Gasteiger partial charge is 0.474 e. The molecule has 0 radical (unpaired) electrons. The first-order valence-electron chi connectivity index (χ1n) is 9.62. The molecule has 3 rings (SSSR count). The third-order valence-electron chi connectivity index (χ3n) is 5.13. The van der Waals surface area contributed by atoms with Crippen molar-refractivity contribution in [3.63, 3.8) is 0 Å². The number of cyclic esters (lactones) is 1. The van der Waals surface area contributed by atoms with Crippen molar-refractivity contribution < 1.29 is 18.7 Å². The minimum atomic E-state index is -0.541. The molecule has 29 heavy (non-hydrogen) atoms. The second-order valence-corrected chi connectivity index (χ2v) is 7.40. The standard InChI is InChI=1S/C19H26FN5O3S/c1-27-18(29)23-10-15-11-25(19(26)28-15)14-5-6-17(16(20)9-14)24(12-21)8-7-22-13-3-2-4-13/h5-6,9,12-13,15,21-22H,2-4,7-8,10-11H2,1H3,(H,23,29)/t15-/m0/s1. The predicted octanol–water partition coefficient (Wildman–Crippen LogP) is 2.23. The molecular weight excluding hydrogens is 397 g/mol. The van der Waals surface area contributed by atoms with Crippen LogP contribution < -0.4 is 20.4 Å². The Morgan fingerprint density at radius 1 is 1.52 bits per heavy atom. The number of hydrogen-bond acceptors (Lipinski definition) is 6. The summed E-state index contributed by atoms with van der Waals surface area (Å²) in [5.74, 6) is -0.496. The number of methoxy groups -OCH3 is 1. The van der Waals surface area contributed by atoms with Gasteiger partial charge in [-0.1, -0.05) is 6.42 Å². The van der Waals surface area contributed by atoms with Gasteiger partial charge in [-0.2, -0.15) is 0 Å². The maximum atomic E-state index is 14.7. The molecule has 1 aliphatic carbocycles. The first kappa shape index (κ1) is 21.3. The van der Waals surface area contributed by atoms with Crippen LogP contribution in [-0.4, -0.2) is 63.0 Å². The van der Waals surface area contributed by atoms with Gasteiger partial charge in [0.25, 0.3) is 5.17 Å². The van der Waals surface area contributed by atoms with Crippen molar-refractivity contribution >= 4 is 41.2 Å². The number of amides is 1. The van der Waals surface area contributed by atoms with E-state index in [4.69, 9.17) is 27.1 Å². The zero-order chi connectivity index (χ0) is 20.8. The molecule has 2 aliphatic rings. The third kappa shape index (κ3) is 5.33. The highest BCUT2D eigenvalue weighted by atomic mass is 32.1. The Labute approximate surface area is 174 Å². The second-order valence-electron chi connectivity index (χ2n) is 7.03. The van der Waals surface area contributed by atoms with E-state index in [9.17, 15) is 9.18 Å². The molecule has 1 saturated carbocycles. The molecule has 8 nitrogen and oxygen atoms in total. The molecule has 10 heteroatoms. The van der Waals surface area contributed by atoms with E-state index in [1.165, 1.54) is 37.3 Å². The Kier molecular flexibility index (Phi) is 7.21. The Bertz CT molecular complexity index is 761. The van der Waals surface area contributed by atoms with Crippen molar-refractivity contribution in [1.82, 2.24) is 10.6 Å². The summed E-state index contributed by atoms with van der Waals surface area (Å²) in [6.45, 7) is 1.76. The van der Waals surface area contributed by atoms with Crippen LogP contribution in [0.1, 0.15) is 19.3 Å². The highest BCUT2D eigenvalue weighted by molar-refractivity contribution is 7.80. The molecule has 1 saturated heterocycles. The Morgan fingerprint density at radius 3 is 2.93 bits per heavy atom. The Morgan fingerprint density at radius 2 is 2.31 bits per heavy atom. The van der Waals surface area contributed by atoms with E-state index >= 15 is 0 Å². The van der Waals surface area contributed by atoms with Gasteiger partial charge in [-0.05, 0) is 43.3 Å². The predicted molar refractivity (Wildman–Crippen MR) is 113 cm³/mol. The van der Waals surface area contributed by atoms with Crippen molar-refractivity contribution in [3.8, 4) is 0 Å². The average molecular weight is 424 g/mol. The van der Waals surface area contributed by atoms with Gasteiger partial charge < -0.3 is 25.0 Å². The maximum Gasteiger partial charge on any atom is 0.414 e. The van der Waals surface area contributed by atoms with Gasteiger partial charge in [-0.3, -0.25) is 10.3 Å². The summed E-state index contributed by atoms with van der Waals surface area (Å²) in [4.78, 5) is 15.1. The van der Waals surface area contributed by atoms with Crippen molar-refractivity contribution in [2.24, 2.45) is 0 Å².